The highest BCUT2D eigenvalue weighted by Gasteiger charge is 2.04. The van der Waals surface area contributed by atoms with Gasteiger partial charge in [0.1, 0.15) is 0 Å². The fourth-order valence-corrected chi connectivity index (χ4v) is 1.70. The lowest BCUT2D eigenvalue weighted by molar-refractivity contribution is 0.304. The highest BCUT2D eigenvalue weighted by Crippen LogP contribution is 2.22. The number of nitrogens with zero attached hydrogens (tertiary/aromatic N) is 1. The van der Waals surface area contributed by atoms with E-state index in [1.54, 1.807) is 0 Å². The van der Waals surface area contributed by atoms with Gasteiger partial charge in [-0.3, -0.25) is 0 Å². The van der Waals surface area contributed by atoms with Crippen LogP contribution in [0.5, 0.6) is 0 Å². The summed E-state index contributed by atoms with van der Waals surface area (Å²) in [6.45, 7) is 4.55. The Bertz CT molecular complexity index is 331. The predicted octanol–water partition coefficient (Wildman–Crippen LogP) is 1.88. The minimum atomic E-state index is 0.146. The number of benzene rings is 1. The summed E-state index contributed by atoms with van der Waals surface area (Å²) in [6, 6.07) is 5.98. The van der Waals surface area contributed by atoms with Gasteiger partial charge in [0.25, 0.3) is 0 Å². The van der Waals surface area contributed by atoms with E-state index in [2.05, 4.69) is 12.2 Å². The Labute approximate surface area is 102 Å². The highest BCUT2D eigenvalue weighted by atomic mass is 35.5. The molecule has 0 saturated carbocycles. The first-order valence-electron chi connectivity index (χ1n) is 5.50. The third kappa shape index (κ3) is 3.67. The van der Waals surface area contributed by atoms with Crippen LogP contribution in [-0.2, 0) is 6.54 Å². The Morgan fingerprint density at radius 1 is 1.44 bits per heavy atom. The molecular formula is C12H19ClN2O. The Balaban J connectivity index is 2.73. The van der Waals surface area contributed by atoms with E-state index in [9.17, 15) is 0 Å². The van der Waals surface area contributed by atoms with Gasteiger partial charge in [0.15, 0.2) is 0 Å². The molecular weight excluding hydrogens is 224 g/mol. The molecule has 0 radical (unpaired) electrons. The molecule has 0 aliphatic heterocycles. The van der Waals surface area contributed by atoms with Crippen molar-refractivity contribution < 1.29 is 5.11 Å². The van der Waals surface area contributed by atoms with E-state index in [-0.39, 0.29) is 6.61 Å². The van der Waals surface area contributed by atoms with Crippen molar-refractivity contribution in [2.45, 2.75) is 13.5 Å². The maximum absolute atomic E-state index is 8.85. The van der Waals surface area contributed by atoms with Gasteiger partial charge < -0.3 is 15.3 Å². The van der Waals surface area contributed by atoms with Gasteiger partial charge in [0, 0.05) is 30.8 Å². The minimum absolute atomic E-state index is 0.146. The molecule has 90 valence electrons. The summed E-state index contributed by atoms with van der Waals surface area (Å²) in [5.41, 5.74) is 2.13. The first kappa shape index (κ1) is 13.3. The zero-order valence-corrected chi connectivity index (χ0v) is 10.6. The Kier molecular flexibility index (Phi) is 5.60. The highest BCUT2D eigenvalue weighted by molar-refractivity contribution is 6.31. The van der Waals surface area contributed by atoms with Crippen LogP contribution < -0.4 is 10.2 Å². The average Bonchev–Trinajstić information content (AvgIpc) is 2.27. The molecule has 0 spiro atoms. The van der Waals surface area contributed by atoms with Crippen LogP contribution in [0.4, 0.5) is 5.69 Å². The van der Waals surface area contributed by atoms with Gasteiger partial charge in [-0.05, 0) is 24.2 Å². The first-order valence-corrected chi connectivity index (χ1v) is 5.88. The monoisotopic (exact) mass is 242 g/mol. The fraction of sp³-hybridized carbons (Fsp3) is 0.500. The molecule has 0 atom stereocenters. The van der Waals surface area contributed by atoms with E-state index < -0.39 is 0 Å². The molecule has 1 aromatic carbocycles. The smallest absolute Gasteiger partial charge is 0.0606 e. The number of hydrogen-bond acceptors (Lipinski definition) is 3. The van der Waals surface area contributed by atoms with Crippen molar-refractivity contribution in [2.75, 3.05) is 31.6 Å². The van der Waals surface area contributed by atoms with Crippen LogP contribution in [0.1, 0.15) is 12.5 Å². The largest absolute Gasteiger partial charge is 0.395 e. The number of nitrogens with one attached hydrogen (secondary N) is 1. The van der Waals surface area contributed by atoms with Gasteiger partial charge in [0.2, 0.25) is 0 Å². The number of aliphatic hydroxyl groups is 1. The number of halogens is 1. The fourth-order valence-electron chi connectivity index (χ4n) is 1.46. The molecule has 1 aromatic rings. The molecule has 0 aliphatic rings. The molecule has 0 bridgehead atoms. The van der Waals surface area contributed by atoms with E-state index in [1.807, 2.05) is 30.1 Å². The van der Waals surface area contributed by atoms with Crippen LogP contribution in [0.3, 0.4) is 0 Å². The number of rotatable bonds is 6. The third-order valence-electron chi connectivity index (χ3n) is 2.48. The normalized spacial score (nSPS) is 10.5. The van der Waals surface area contributed by atoms with Crippen LogP contribution in [0.2, 0.25) is 5.02 Å². The molecule has 0 heterocycles. The maximum Gasteiger partial charge on any atom is 0.0606 e. The molecule has 2 N–H and O–H groups in total. The molecule has 0 fully saturated rings. The second kappa shape index (κ2) is 6.74. The summed E-state index contributed by atoms with van der Waals surface area (Å²) in [5, 5.41) is 12.9. The summed E-state index contributed by atoms with van der Waals surface area (Å²) in [5.74, 6) is 0. The zero-order chi connectivity index (χ0) is 12.0. The third-order valence-corrected chi connectivity index (χ3v) is 2.83. The standard InChI is InChI=1S/C12H19ClN2O/c1-3-14-9-10-4-5-11(8-12(10)13)15(2)6-7-16/h4-5,8,14,16H,3,6-7,9H2,1-2H3. The number of hydrogen-bond donors (Lipinski definition) is 2. The Morgan fingerprint density at radius 2 is 2.19 bits per heavy atom. The average molecular weight is 243 g/mol. The minimum Gasteiger partial charge on any atom is -0.395 e. The van der Waals surface area contributed by atoms with Gasteiger partial charge in [-0.2, -0.15) is 0 Å². The molecule has 0 saturated heterocycles. The molecule has 1 rings (SSSR count). The molecule has 0 amide bonds. The van der Waals surface area contributed by atoms with Crippen molar-refractivity contribution in [2.24, 2.45) is 0 Å². The molecule has 0 aromatic heterocycles. The quantitative estimate of drug-likeness (QED) is 0.800. The van der Waals surface area contributed by atoms with Crippen LogP contribution in [0.15, 0.2) is 18.2 Å². The van der Waals surface area contributed by atoms with Crippen molar-refractivity contribution in [3.63, 3.8) is 0 Å². The first-order chi connectivity index (χ1) is 7.69. The molecule has 16 heavy (non-hydrogen) atoms. The lowest BCUT2D eigenvalue weighted by Crippen LogP contribution is -2.21. The van der Waals surface area contributed by atoms with Crippen molar-refractivity contribution in [3.05, 3.63) is 28.8 Å². The second-order valence-electron chi connectivity index (χ2n) is 3.70. The van der Waals surface area contributed by atoms with Crippen LogP contribution in [-0.4, -0.2) is 31.9 Å². The van der Waals surface area contributed by atoms with E-state index in [1.165, 1.54) is 0 Å². The van der Waals surface area contributed by atoms with E-state index in [0.717, 1.165) is 29.4 Å². The topological polar surface area (TPSA) is 35.5 Å². The lowest BCUT2D eigenvalue weighted by Gasteiger charge is -2.19. The van der Waals surface area contributed by atoms with Crippen LogP contribution >= 0.6 is 11.6 Å². The summed E-state index contributed by atoms with van der Waals surface area (Å²) < 4.78 is 0. The van der Waals surface area contributed by atoms with Crippen molar-refractivity contribution >= 4 is 17.3 Å². The molecule has 0 aliphatic carbocycles. The van der Waals surface area contributed by atoms with Gasteiger partial charge in [0.05, 0.1) is 6.61 Å². The van der Waals surface area contributed by atoms with Crippen molar-refractivity contribution in [1.29, 1.82) is 0 Å². The van der Waals surface area contributed by atoms with Gasteiger partial charge in [-0.25, -0.2) is 0 Å². The van der Waals surface area contributed by atoms with Gasteiger partial charge >= 0.3 is 0 Å². The number of anilines is 1. The SMILES string of the molecule is CCNCc1ccc(N(C)CCO)cc1Cl. The van der Waals surface area contributed by atoms with Crippen LogP contribution in [0.25, 0.3) is 0 Å². The number of aliphatic hydroxyl groups excluding tert-OH is 1. The van der Waals surface area contributed by atoms with Crippen LogP contribution in [0, 0.1) is 0 Å². The Hall–Kier alpha value is -0.770. The van der Waals surface area contributed by atoms with Crippen molar-refractivity contribution in [3.8, 4) is 0 Å². The zero-order valence-electron chi connectivity index (χ0n) is 9.83. The van der Waals surface area contributed by atoms with Gasteiger partial charge in [-0.15, -0.1) is 0 Å². The number of likely N-dealkylation sites (N-methyl/N-ethyl adjacent to an activating group) is 1. The van der Waals surface area contributed by atoms with Crippen molar-refractivity contribution in [1.82, 2.24) is 5.32 Å². The maximum atomic E-state index is 8.85. The van der Waals surface area contributed by atoms with E-state index in [4.69, 9.17) is 16.7 Å². The van der Waals surface area contributed by atoms with E-state index in [0.29, 0.717) is 6.54 Å². The van der Waals surface area contributed by atoms with Gasteiger partial charge in [-0.1, -0.05) is 24.6 Å². The molecule has 0 unspecified atom stereocenters. The predicted molar refractivity (Wildman–Crippen MR) is 69.2 cm³/mol. The summed E-state index contributed by atoms with van der Waals surface area (Å²) >= 11 is 6.18. The lowest BCUT2D eigenvalue weighted by atomic mass is 10.2. The molecule has 4 heteroatoms. The Morgan fingerprint density at radius 3 is 2.75 bits per heavy atom. The summed E-state index contributed by atoms with van der Waals surface area (Å²) in [7, 11) is 1.94. The molecule has 3 nitrogen and oxygen atoms in total. The summed E-state index contributed by atoms with van der Waals surface area (Å²) in [6.07, 6.45) is 0. The van der Waals surface area contributed by atoms with E-state index >= 15 is 0 Å². The summed E-state index contributed by atoms with van der Waals surface area (Å²) in [4.78, 5) is 1.98. The second-order valence-corrected chi connectivity index (χ2v) is 4.11.